The maximum atomic E-state index is 13.4. The van der Waals surface area contributed by atoms with Crippen LogP contribution in [-0.2, 0) is 6.54 Å². The van der Waals surface area contributed by atoms with Crippen molar-refractivity contribution in [1.82, 2.24) is 14.7 Å². The lowest BCUT2D eigenvalue weighted by Crippen LogP contribution is -2.34. The smallest absolute Gasteiger partial charge is 0.257 e. The first-order valence-corrected chi connectivity index (χ1v) is 10.2. The van der Waals surface area contributed by atoms with Crippen molar-refractivity contribution in [2.45, 2.75) is 26.8 Å². The lowest BCUT2D eigenvalue weighted by molar-refractivity contribution is 0.0777. The number of hydrogen-bond acceptors (Lipinski definition) is 3. The number of aryl methyl sites for hydroxylation is 1. The summed E-state index contributed by atoms with van der Waals surface area (Å²) < 4.78 is 1.87. The average Bonchev–Trinajstić information content (AvgIpc) is 3.33. The van der Waals surface area contributed by atoms with E-state index in [1.165, 1.54) is 5.56 Å². The Hall–Kier alpha value is -2.63. The average molecular weight is 425 g/mol. The molecule has 5 nitrogen and oxygen atoms in total. The zero-order valence-electron chi connectivity index (χ0n) is 17.5. The molecule has 1 amide bonds. The fraction of sp³-hybridized carbons (Fsp3) is 0.333. The quantitative estimate of drug-likeness (QED) is 0.669. The highest BCUT2D eigenvalue weighted by molar-refractivity contribution is 6.00. The first-order chi connectivity index (χ1) is 14.0. The van der Waals surface area contributed by atoms with Crippen LogP contribution in [0.15, 0.2) is 60.8 Å². The van der Waals surface area contributed by atoms with E-state index in [0.717, 1.165) is 29.8 Å². The van der Waals surface area contributed by atoms with Gasteiger partial charge in [0.15, 0.2) is 0 Å². The summed E-state index contributed by atoms with van der Waals surface area (Å²) in [6.07, 6.45) is 2.83. The van der Waals surface area contributed by atoms with Crippen LogP contribution in [0.3, 0.4) is 0 Å². The summed E-state index contributed by atoms with van der Waals surface area (Å²) in [4.78, 5) is 15.3. The van der Waals surface area contributed by atoms with Crippen molar-refractivity contribution in [3.05, 3.63) is 77.5 Å². The van der Waals surface area contributed by atoms with Gasteiger partial charge in [-0.15, -0.1) is 12.4 Å². The molecule has 158 valence electrons. The van der Waals surface area contributed by atoms with Gasteiger partial charge in [0, 0.05) is 24.8 Å². The summed E-state index contributed by atoms with van der Waals surface area (Å²) in [5, 5.41) is 4.80. The van der Waals surface area contributed by atoms with Gasteiger partial charge in [0.2, 0.25) is 0 Å². The molecule has 1 aromatic heterocycles. The van der Waals surface area contributed by atoms with Crippen LogP contribution in [-0.4, -0.2) is 40.2 Å². The van der Waals surface area contributed by atoms with E-state index >= 15 is 0 Å². The molecule has 1 aliphatic rings. The summed E-state index contributed by atoms with van der Waals surface area (Å²) >= 11 is 0. The minimum absolute atomic E-state index is 0. The van der Waals surface area contributed by atoms with Gasteiger partial charge < -0.3 is 10.6 Å². The molecule has 30 heavy (non-hydrogen) atoms. The predicted molar refractivity (Wildman–Crippen MR) is 123 cm³/mol. The molecule has 2 aromatic carbocycles. The minimum atomic E-state index is -0.000283. The van der Waals surface area contributed by atoms with E-state index in [-0.39, 0.29) is 23.7 Å². The first-order valence-electron chi connectivity index (χ1n) is 10.2. The van der Waals surface area contributed by atoms with E-state index < -0.39 is 0 Å². The maximum Gasteiger partial charge on any atom is 0.257 e. The Labute approximate surface area is 184 Å². The molecule has 0 aliphatic carbocycles. The Morgan fingerprint density at radius 1 is 1.13 bits per heavy atom. The van der Waals surface area contributed by atoms with Crippen LogP contribution >= 0.6 is 12.4 Å². The maximum absolute atomic E-state index is 13.4. The molecule has 1 unspecified atom stereocenters. The Bertz CT molecular complexity index is 1000. The zero-order valence-corrected chi connectivity index (χ0v) is 18.4. The van der Waals surface area contributed by atoms with Gasteiger partial charge in [-0.3, -0.25) is 9.48 Å². The molecular formula is C24H29ClN4O. The highest BCUT2D eigenvalue weighted by Gasteiger charge is 2.36. The van der Waals surface area contributed by atoms with Crippen molar-refractivity contribution >= 4 is 18.3 Å². The highest BCUT2D eigenvalue weighted by atomic mass is 35.5. The van der Waals surface area contributed by atoms with E-state index in [0.29, 0.717) is 25.2 Å². The summed E-state index contributed by atoms with van der Waals surface area (Å²) in [6.45, 7) is 6.87. The lowest BCUT2D eigenvalue weighted by Gasteiger charge is -2.22. The highest BCUT2D eigenvalue weighted by Crippen LogP contribution is 2.31. The summed E-state index contributed by atoms with van der Waals surface area (Å²) in [5.74, 6) is 0.0389. The van der Waals surface area contributed by atoms with Crippen LogP contribution in [0.25, 0.3) is 11.3 Å². The minimum Gasteiger partial charge on any atom is -0.338 e. The van der Waals surface area contributed by atoms with Crippen molar-refractivity contribution in [3.63, 3.8) is 0 Å². The molecule has 2 heterocycles. The largest absolute Gasteiger partial charge is 0.338 e. The van der Waals surface area contributed by atoms with Crippen molar-refractivity contribution < 1.29 is 4.79 Å². The van der Waals surface area contributed by atoms with Gasteiger partial charge in [0.25, 0.3) is 5.91 Å². The zero-order chi connectivity index (χ0) is 20.4. The number of likely N-dealkylation sites (tertiary alicyclic amines) is 1. The van der Waals surface area contributed by atoms with E-state index in [1.807, 2.05) is 46.1 Å². The van der Waals surface area contributed by atoms with Crippen molar-refractivity contribution in [1.29, 1.82) is 0 Å². The third-order valence-corrected chi connectivity index (χ3v) is 5.84. The molecule has 2 N–H and O–H groups in total. The van der Waals surface area contributed by atoms with Crippen molar-refractivity contribution in [2.24, 2.45) is 11.1 Å². The number of rotatable bonds is 5. The van der Waals surface area contributed by atoms with Crippen LogP contribution in [0.5, 0.6) is 0 Å². The second kappa shape index (κ2) is 9.02. The van der Waals surface area contributed by atoms with E-state index in [2.05, 4.69) is 38.1 Å². The van der Waals surface area contributed by atoms with Crippen LogP contribution in [0.4, 0.5) is 0 Å². The van der Waals surface area contributed by atoms with Crippen molar-refractivity contribution in [2.75, 3.05) is 19.6 Å². The van der Waals surface area contributed by atoms with Gasteiger partial charge in [-0.2, -0.15) is 5.10 Å². The summed E-state index contributed by atoms with van der Waals surface area (Å²) in [6, 6.07) is 18.4. The third-order valence-electron chi connectivity index (χ3n) is 5.84. The molecule has 0 spiro atoms. The van der Waals surface area contributed by atoms with Crippen LogP contribution in [0.1, 0.15) is 34.8 Å². The monoisotopic (exact) mass is 424 g/mol. The topological polar surface area (TPSA) is 64.2 Å². The van der Waals surface area contributed by atoms with Gasteiger partial charge in [-0.05, 0) is 30.9 Å². The number of nitrogens with zero attached hydrogens (tertiary/aromatic N) is 3. The standard InChI is InChI=1S/C24H28N4O.ClH/c1-18-8-10-20(11-9-18)22-21(23(29)27-13-12-24(2,16-25)17-27)15-28(26-22)14-19-6-4-3-5-7-19;/h3-11,15H,12-14,16-17,25H2,1-2H3;1H. The van der Waals surface area contributed by atoms with Crippen LogP contribution < -0.4 is 5.73 Å². The SMILES string of the molecule is Cc1ccc(-c2nn(Cc3ccccc3)cc2C(=O)N2CCC(C)(CN)C2)cc1.Cl. The second-order valence-electron chi connectivity index (χ2n) is 8.43. The third kappa shape index (κ3) is 4.58. The first kappa shape index (κ1) is 22.1. The number of halogens is 1. The van der Waals surface area contributed by atoms with Gasteiger partial charge >= 0.3 is 0 Å². The fourth-order valence-corrected chi connectivity index (χ4v) is 3.89. The van der Waals surface area contributed by atoms with Crippen LogP contribution in [0, 0.1) is 12.3 Å². The molecule has 1 saturated heterocycles. The second-order valence-corrected chi connectivity index (χ2v) is 8.43. The Balaban J connectivity index is 0.00000256. The lowest BCUT2D eigenvalue weighted by atomic mass is 9.90. The Morgan fingerprint density at radius 3 is 2.47 bits per heavy atom. The van der Waals surface area contributed by atoms with Gasteiger partial charge in [-0.25, -0.2) is 0 Å². The summed E-state index contributed by atoms with van der Waals surface area (Å²) in [7, 11) is 0. The predicted octanol–water partition coefficient (Wildman–Crippen LogP) is 4.14. The molecule has 1 atom stereocenters. The number of benzene rings is 2. The van der Waals surface area contributed by atoms with Gasteiger partial charge in [-0.1, -0.05) is 67.1 Å². The molecule has 4 rings (SSSR count). The molecule has 1 fully saturated rings. The number of carbonyl (C=O) groups excluding carboxylic acids is 1. The van der Waals surface area contributed by atoms with Crippen LogP contribution in [0.2, 0.25) is 0 Å². The molecule has 6 heteroatoms. The molecular weight excluding hydrogens is 396 g/mol. The number of aromatic nitrogens is 2. The number of hydrogen-bond donors (Lipinski definition) is 1. The normalized spacial score (nSPS) is 18.3. The molecule has 3 aromatic rings. The molecule has 0 bridgehead atoms. The Morgan fingerprint density at radius 2 is 1.83 bits per heavy atom. The number of carbonyl (C=O) groups is 1. The Kier molecular flexibility index (Phi) is 6.64. The molecule has 0 radical (unpaired) electrons. The van der Waals surface area contributed by atoms with Crippen molar-refractivity contribution in [3.8, 4) is 11.3 Å². The van der Waals surface area contributed by atoms with Gasteiger partial charge in [0.05, 0.1) is 12.1 Å². The summed E-state index contributed by atoms with van der Waals surface area (Å²) in [5.41, 5.74) is 10.6. The fourth-order valence-electron chi connectivity index (χ4n) is 3.89. The number of nitrogens with two attached hydrogens (primary N) is 1. The van der Waals surface area contributed by atoms with E-state index in [4.69, 9.17) is 10.8 Å². The van der Waals surface area contributed by atoms with E-state index in [9.17, 15) is 4.79 Å². The van der Waals surface area contributed by atoms with E-state index in [1.54, 1.807) is 0 Å². The number of amides is 1. The van der Waals surface area contributed by atoms with Gasteiger partial charge in [0.1, 0.15) is 5.69 Å². The molecule has 1 aliphatic heterocycles. The molecule has 0 saturated carbocycles.